The van der Waals surface area contributed by atoms with Crippen molar-refractivity contribution in [3.05, 3.63) is 81.7 Å². The molecule has 3 rings (SSSR count). The number of carbonyl (C=O) groups excluding carboxylic acids is 1. The molecule has 0 aliphatic carbocycles. The normalized spacial score (nSPS) is 17.3. The van der Waals surface area contributed by atoms with E-state index >= 15 is 0 Å². The van der Waals surface area contributed by atoms with E-state index in [-0.39, 0.29) is 29.8 Å². The molecule has 2 aromatic rings. The smallest absolute Gasteiger partial charge is 0.270 e. The fraction of sp³-hybridized carbons (Fsp3) is 0.118. The maximum absolute atomic E-state index is 13.0. The lowest BCUT2D eigenvalue weighted by molar-refractivity contribution is -0.384. The molecule has 0 unspecified atom stereocenters. The van der Waals surface area contributed by atoms with Crippen LogP contribution in [0.4, 0.5) is 10.1 Å². The Hall–Kier alpha value is -3.02. The van der Waals surface area contributed by atoms with Crippen molar-refractivity contribution in [3.63, 3.8) is 0 Å². The van der Waals surface area contributed by atoms with Crippen LogP contribution in [0.25, 0.3) is 5.70 Å². The summed E-state index contributed by atoms with van der Waals surface area (Å²) >= 11 is 0. The van der Waals surface area contributed by atoms with Crippen molar-refractivity contribution in [2.24, 2.45) is 0 Å². The van der Waals surface area contributed by atoms with Gasteiger partial charge in [0.2, 0.25) is 5.91 Å². The first-order chi connectivity index (χ1) is 11.0. The molecule has 6 heteroatoms. The first-order valence-corrected chi connectivity index (χ1v) is 7.05. The van der Waals surface area contributed by atoms with Gasteiger partial charge in [0.05, 0.1) is 4.92 Å². The number of carbonyl (C=O) groups is 1. The number of nitrogens with zero attached hydrogens (tertiary/aromatic N) is 1. The summed E-state index contributed by atoms with van der Waals surface area (Å²) in [6.45, 7) is 0. The lowest BCUT2D eigenvalue weighted by atomic mass is 9.90. The number of rotatable bonds is 3. The molecule has 2 aromatic carbocycles. The first kappa shape index (κ1) is 14.9. The number of halogens is 1. The number of hydrogen-bond acceptors (Lipinski definition) is 3. The molecule has 0 aromatic heterocycles. The number of nitro groups is 1. The maximum atomic E-state index is 13.0. The fourth-order valence-electron chi connectivity index (χ4n) is 2.58. The molecule has 1 aliphatic heterocycles. The summed E-state index contributed by atoms with van der Waals surface area (Å²) in [6, 6.07) is 12.1. The molecule has 0 fully saturated rings. The Morgan fingerprint density at radius 1 is 1.17 bits per heavy atom. The Morgan fingerprint density at radius 2 is 1.91 bits per heavy atom. The van der Waals surface area contributed by atoms with Crippen molar-refractivity contribution in [3.8, 4) is 0 Å². The summed E-state index contributed by atoms with van der Waals surface area (Å²) < 4.78 is 13.0. The predicted octanol–water partition coefficient (Wildman–Crippen LogP) is 3.38. The zero-order chi connectivity index (χ0) is 16.4. The zero-order valence-corrected chi connectivity index (χ0v) is 12.0. The molecule has 0 radical (unpaired) electrons. The van der Waals surface area contributed by atoms with Gasteiger partial charge < -0.3 is 5.32 Å². The minimum atomic E-state index is -0.480. The number of hydrogen-bond donors (Lipinski definition) is 1. The summed E-state index contributed by atoms with van der Waals surface area (Å²) in [6.07, 6.45) is 2.09. The van der Waals surface area contributed by atoms with Gasteiger partial charge >= 0.3 is 0 Å². The SMILES string of the molecule is O=C1C[C@@H](c2ccc(F)cc2)C=C(c2cccc([N+](=O)[O-])c2)N1. The number of non-ortho nitro benzene ring substituents is 1. The number of benzene rings is 2. The summed E-state index contributed by atoms with van der Waals surface area (Å²) in [5.41, 5.74) is 1.88. The Labute approximate surface area is 131 Å². The number of amides is 1. The summed E-state index contributed by atoms with van der Waals surface area (Å²) in [5.74, 6) is -0.709. The van der Waals surface area contributed by atoms with E-state index < -0.39 is 4.92 Å². The molecule has 23 heavy (non-hydrogen) atoms. The van der Waals surface area contributed by atoms with Crippen LogP contribution in [0.5, 0.6) is 0 Å². The van der Waals surface area contributed by atoms with Crippen LogP contribution in [-0.2, 0) is 4.79 Å². The van der Waals surface area contributed by atoms with Gasteiger partial charge in [0.1, 0.15) is 5.82 Å². The molecule has 1 atom stereocenters. The van der Waals surface area contributed by atoms with Crippen molar-refractivity contribution in [2.75, 3.05) is 0 Å². The van der Waals surface area contributed by atoms with Crippen LogP contribution in [0.3, 0.4) is 0 Å². The van der Waals surface area contributed by atoms with E-state index in [1.165, 1.54) is 24.3 Å². The van der Waals surface area contributed by atoms with Gasteiger partial charge in [-0.15, -0.1) is 0 Å². The summed E-state index contributed by atoms with van der Waals surface area (Å²) in [7, 11) is 0. The predicted molar refractivity (Wildman–Crippen MR) is 83.0 cm³/mol. The number of nitrogens with one attached hydrogen (secondary N) is 1. The highest BCUT2D eigenvalue weighted by molar-refractivity contribution is 5.90. The van der Waals surface area contributed by atoms with E-state index in [0.29, 0.717) is 11.3 Å². The highest BCUT2D eigenvalue weighted by Crippen LogP contribution is 2.30. The van der Waals surface area contributed by atoms with Gasteiger partial charge in [0.25, 0.3) is 5.69 Å². The summed E-state index contributed by atoms with van der Waals surface area (Å²) in [4.78, 5) is 22.4. The van der Waals surface area contributed by atoms with Crippen LogP contribution in [-0.4, -0.2) is 10.8 Å². The Balaban J connectivity index is 1.97. The molecule has 5 nitrogen and oxygen atoms in total. The minimum absolute atomic E-state index is 0.0402. The van der Waals surface area contributed by atoms with Gasteiger partial charge in [-0.3, -0.25) is 14.9 Å². The molecule has 1 heterocycles. The van der Waals surface area contributed by atoms with E-state index in [0.717, 1.165) is 5.56 Å². The van der Waals surface area contributed by atoms with Gasteiger partial charge in [0, 0.05) is 35.7 Å². The molecular formula is C17H13FN2O3. The Morgan fingerprint density at radius 3 is 2.61 bits per heavy atom. The Bertz CT molecular complexity index is 800. The first-order valence-electron chi connectivity index (χ1n) is 7.05. The van der Waals surface area contributed by atoms with Gasteiger partial charge in [0.15, 0.2) is 0 Å². The van der Waals surface area contributed by atoms with Crippen LogP contribution >= 0.6 is 0 Å². The highest BCUT2D eigenvalue weighted by atomic mass is 19.1. The molecule has 1 aliphatic rings. The third-order valence-electron chi connectivity index (χ3n) is 3.71. The van der Waals surface area contributed by atoms with Crippen molar-refractivity contribution in [1.82, 2.24) is 5.32 Å². The third-order valence-corrected chi connectivity index (χ3v) is 3.71. The van der Waals surface area contributed by atoms with E-state index in [2.05, 4.69) is 5.32 Å². The van der Waals surface area contributed by atoms with Crippen LogP contribution in [0.1, 0.15) is 23.5 Å². The third kappa shape index (κ3) is 3.26. The fourth-order valence-corrected chi connectivity index (χ4v) is 2.58. The van der Waals surface area contributed by atoms with Crippen LogP contribution < -0.4 is 5.32 Å². The van der Waals surface area contributed by atoms with E-state index in [9.17, 15) is 19.3 Å². The highest BCUT2D eigenvalue weighted by Gasteiger charge is 2.22. The van der Waals surface area contributed by atoms with Gasteiger partial charge in [-0.1, -0.05) is 30.3 Å². The largest absolute Gasteiger partial charge is 0.326 e. The minimum Gasteiger partial charge on any atom is -0.326 e. The molecule has 0 saturated heterocycles. The summed E-state index contributed by atoms with van der Waals surface area (Å²) in [5, 5.41) is 13.6. The number of allylic oxidation sites excluding steroid dienone is 1. The maximum Gasteiger partial charge on any atom is 0.270 e. The lowest BCUT2D eigenvalue weighted by Gasteiger charge is -2.22. The standard InChI is InChI=1S/C17H13FN2O3/c18-14-6-4-11(5-7-14)13-9-16(19-17(21)10-13)12-2-1-3-15(8-12)20(22)23/h1-9,13H,10H2,(H,19,21)/t13-/m0/s1. The molecule has 1 amide bonds. The molecule has 0 bridgehead atoms. The van der Waals surface area contributed by atoms with Crippen molar-refractivity contribution in [1.29, 1.82) is 0 Å². The lowest BCUT2D eigenvalue weighted by Crippen LogP contribution is -2.28. The van der Waals surface area contributed by atoms with Gasteiger partial charge in [-0.2, -0.15) is 0 Å². The quantitative estimate of drug-likeness (QED) is 0.697. The zero-order valence-electron chi connectivity index (χ0n) is 12.0. The van der Waals surface area contributed by atoms with E-state index in [4.69, 9.17) is 0 Å². The number of nitro benzene ring substituents is 1. The average molecular weight is 312 g/mol. The molecule has 0 spiro atoms. The van der Waals surface area contributed by atoms with E-state index in [1.54, 1.807) is 24.3 Å². The van der Waals surface area contributed by atoms with Crippen molar-refractivity contribution < 1.29 is 14.1 Å². The van der Waals surface area contributed by atoms with Crippen LogP contribution in [0.15, 0.2) is 54.6 Å². The average Bonchev–Trinajstić information content (AvgIpc) is 2.55. The van der Waals surface area contributed by atoms with Gasteiger partial charge in [-0.05, 0) is 17.7 Å². The van der Waals surface area contributed by atoms with Gasteiger partial charge in [-0.25, -0.2) is 4.39 Å². The second-order valence-corrected chi connectivity index (χ2v) is 5.30. The molecule has 1 N–H and O–H groups in total. The van der Waals surface area contributed by atoms with Crippen LogP contribution in [0, 0.1) is 15.9 Å². The second kappa shape index (κ2) is 6.00. The van der Waals surface area contributed by atoms with E-state index in [1.807, 2.05) is 6.08 Å². The second-order valence-electron chi connectivity index (χ2n) is 5.30. The molecular weight excluding hydrogens is 299 g/mol. The molecule has 0 saturated carbocycles. The van der Waals surface area contributed by atoms with Crippen molar-refractivity contribution in [2.45, 2.75) is 12.3 Å². The van der Waals surface area contributed by atoms with Crippen molar-refractivity contribution >= 4 is 17.3 Å². The monoisotopic (exact) mass is 312 g/mol. The van der Waals surface area contributed by atoms with Crippen LogP contribution in [0.2, 0.25) is 0 Å². The molecule has 116 valence electrons. The topological polar surface area (TPSA) is 72.2 Å². The Kier molecular flexibility index (Phi) is 3.89.